The second-order valence-corrected chi connectivity index (χ2v) is 10.2. The summed E-state index contributed by atoms with van der Waals surface area (Å²) >= 11 is 0. The zero-order valence-corrected chi connectivity index (χ0v) is 22.9. The topological polar surface area (TPSA) is 50.1 Å². The van der Waals surface area contributed by atoms with Crippen LogP contribution in [0.15, 0.2) is 54.7 Å². The van der Waals surface area contributed by atoms with Crippen LogP contribution >= 0.6 is 0 Å². The first-order valence-corrected chi connectivity index (χ1v) is 13.5. The molecule has 1 saturated heterocycles. The normalized spacial score (nSPS) is 15.9. The number of imidazole rings is 1. The van der Waals surface area contributed by atoms with Crippen LogP contribution in [0.3, 0.4) is 0 Å². The molecule has 1 atom stereocenters. The van der Waals surface area contributed by atoms with Gasteiger partial charge in [0.25, 0.3) is 0 Å². The van der Waals surface area contributed by atoms with Crippen LogP contribution in [-0.4, -0.2) is 47.2 Å². The van der Waals surface area contributed by atoms with Crippen molar-refractivity contribution in [2.45, 2.75) is 45.5 Å². The number of benzene rings is 2. The Bertz CT molecular complexity index is 1620. The lowest BCUT2D eigenvalue weighted by atomic mass is 10.0. The summed E-state index contributed by atoms with van der Waals surface area (Å²) in [7, 11) is 0. The van der Waals surface area contributed by atoms with Gasteiger partial charge in [-0.15, -0.1) is 13.2 Å². The average Bonchev–Trinajstić information content (AvgIpc) is 3.30. The van der Waals surface area contributed by atoms with Crippen LogP contribution in [0.25, 0.3) is 5.65 Å². The van der Waals surface area contributed by atoms with Crippen molar-refractivity contribution < 1.29 is 35.9 Å². The lowest BCUT2D eigenvalue weighted by molar-refractivity contribution is -0.275. The van der Waals surface area contributed by atoms with Crippen LogP contribution in [0.4, 0.5) is 37.7 Å². The highest BCUT2D eigenvalue weighted by atomic mass is 19.4. The first-order chi connectivity index (χ1) is 19.9. The highest BCUT2D eigenvalue weighted by Crippen LogP contribution is 2.32. The van der Waals surface area contributed by atoms with Crippen molar-refractivity contribution in [3.8, 4) is 5.75 Å². The van der Waals surface area contributed by atoms with Gasteiger partial charge in [-0.05, 0) is 55.7 Å². The zero-order valence-electron chi connectivity index (χ0n) is 22.9. The van der Waals surface area contributed by atoms with Gasteiger partial charge in [0.15, 0.2) is 17.3 Å². The fourth-order valence-electron chi connectivity index (χ4n) is 5.38. The molecule has 0 aliphatic carbocycles. The number of carbonyl (C=O) groups is 1. The molecule has 2 aromatic carbocycles. The molecule has 0 saturated carbocycles. The van der Waals surface area contributed by atoms with Gasteiger partial charge in [-0.1, -0.05) is 13.0 Å². The minimum Gasteiger partial charge on any atom is -0.403 e. The summed E-state index contributed by atoms with van der Waals surface area (Å²) in [5.74, 6) is -3.08. The van der Waals surface area contributed by atoms with E-state index < -0.39 is 29.6 Å². The maximum absolute atomic E-state index is 15.2. The fraction of sp³-hybridized carbons (Fsp3) is 0.333. The van der Waals surface area contributed by atoms with Crippen molar-refractivity contribution in [3.63, 3.8) is 0 Å². The van der Waals surface area contributed by atoms with Crippen LogP contribution in [0, 0.1) is 17.5 Å². The van der Waals surface area contributed by atoms with Gasteiger partial charge in [0.05, 0.1) is 11.4 Å². The molecule has 5 rings (SSSR count). The number of ether oxygens (including phenoxy) is 1. The Balaban J connectivity index is 1.23. The second kappa shape index (κ2) is 11.6. The molecular formula is C30H28F6N4O2. The number of anilines is 2. The molecule has 1 aliphatic heterocycles. The molecule has 1 fully saturated rings. The van der Waals surface area contributed by atoms with Crippen molar-refractivity contribution in [3.05, 3.63) is 89.1 Å². The van der Waals surface area contributed by atoms with E-state index in [-0.39, 0.29) is 18.2 Å². The molecule has 0 N–H and O–H groups in total. The van der Waals surface area contributed by atoms with Gasteiger partial charge in [-0.25, -0.2) is 18.2 Å². The molecule has 12 heteroatoms. The molecule has 6 nitrogen and oxygen atoms in total. The number of rotatable bonds is 8. The Morgan fingerprint density at radius 2 is 1.81 bits per heavy atom. The monoisotopic (exact) mass is 590 g/mol. The molecule has 0 radical (unpaired) electrons. The Labute approximate surface area is 238 Å². The predicted octanol–water partition coefficient (Wildman–Crippen LogP) is 6.74. The predicted molar refractivity (Wildman–Crippen MR) is 146 cm³/mol. The van der Waals surface area contributed by atoms with Gasteiger partial charge in [0.1, 0.15) is 23.0 Å². The molecule has 222 valence electrons. The van der Waals surface area contributed by atoms with Gasteiger partial charge >= 0.3 is 6.36 Å². The Hall–Kier alpha value is -4.22. The quantitative estimate of drug-likeness (QED) is 0.168. The minimum atomic E-state index is -4.99. The van der Waals surface area contributed by atoms with E-state index in [1.165, 1.54) is 30.5 Å². The summed E-state index contributed by atoms with van der Waals surface area (Å²) in [6, 6.07) is 10.5. The number of alkyl halides is 3. The molecule has 0 unspecified atom stereocenters. The SMILES string of the molecule is CCc1nc2cc(F)ccn2c1C(=O)CCc1ccc(N2CCN(c3ccc(OC(F)(F)F)c(F)c3)[C@@H](C)C2)c(F)c1. The van der Waals surface area contributed by atoms with E-state index in [4.69, 9.17) is 0 Å². The third kappa shape index (κ3) is 6.17. The van der Waals surface area contributed by atoms with Crippen LogP contribution in [-0.2, 0) is 12.8 Å². The first kappa shape index (κ1) is 29.3. The number of carbonyl (C=O) groups excluding carboxylic acids is 1. The average molecular weight is 591 g/mol. The number of pyridine rings is 1. The van der Waals surface area contributed by atoms with E-state index >= 15 is 4.39 Å². The number of piperazine rings is 1. The number of hydrogen-bond donors (Lipinski definition) is 0. The van der Waals surface area contributed by atoms with Gasteiger partial charge in [0.2, 0.25) is 0 Å². The molecule has 1 aliphatic rings. The van der Waals surface area contributed by atoms with E-state index in [0.717, 1.165) is 12.1 Å². The van der Waals surface area contributed by atoms with E-state index in [1.807, 2.05) is 23.6 Å². The highest BCUT2D eigenvalue weighted by molar-refractivity contribution is 5.96. The number of Topliss-reactive ketones (excluding diaryl/α,β-unsaturated/α-hetero) is 1. The van der Waals surface area contributed by atoms with Gasteiger partial charge in [-0.3, -0.25) is 9.20 Å². The molecule has 0 bridgehead atoms. The highest BCUT2D eigenvalue weighted by Gasteiger charge is 2.33. The largest absolute Gasteiger partial charge is 0.573 e. The van der Waals surface area contributed by atoms with Crippen molar-refractivity contribution in [2.24, 2.45) is 0 Å². The molecule has 3 heterocycles. The van der Waals surface area contributed by atoms with Crippen molar-refractivity contribution in [1.82, 2.24) is 9.38 Å². The summed E-state index contributed by atoms with van der Waals surface area (Å²) < 4.78 is 85.8. The van der Waals surface area contributed by atoms with Gasteiger partial charge in [0, 0.05) is 56.1 Å². The third-order valence-electron chi connectivity index (χ3n) is 7.35. The van der Waals surface area contributed by atoms with Crippen LogP contribution in [0.2, 0.25) is 0 Å². The van der Waals surface area contributed by atoms with Crippen LogP contribution in [0.5, 0.6) is 5.75 Å². The van der Waals surface area contributed by atoms with Crippen molar-refractivity contribution in [1.29, 1.82) is 0 Å². The fourth-order valence-corrected chi connectivity index (χ4v) is 5.38. The molecular weight excluding hydrogens is 562 g/mol. The Kier molecular flexibility index (Phi) is 8.07. The third-order valence-corrected chi connectivity index (χ3v) is 7.35. The second-order valence-electron chi connectivity index (χ2n) is 10.2. The number of nitrogens with zero attached hydrogens (tertiary/aromatic N) is 4. The Morgan fingerprint density at radius 3 is 2.48 bits per heavy atom. The number of aryl methyl sites for hydroxylation is 2. The first-order valence-electron chi connectivity index (χ1n) is 13.5. The van der Waals surface area contributed by atoms with E-state index in [1.54, 1.807) is 16.5 Å². The van der Waals surface area contributed by atoms with E-state index in [0.29, 0.717) is 66.4 Å². The molecule has 0 amide bonds. The van der Waals surface area contributed by atoms with Crippen LogP contribution in [0.1, 0.15) is 42.0 Å². The lowest BCUT2D eigenvalue weighted by Crippen LogP contribution is -2.52. The maximum Gasteiger partial charge on any atom is 0.573 e. The van der Waals surface area contributed by atoms with Gasteiger partial charge in [-0.2, -0.15) is 0 Å². The van der Waals surface area contributed by atoms with E-state index in [9.17, 15) is 26.7 Å². The number of fused-ring (bicyclic) bond motifs is 1. The summed E-state index contributed by atoms with van der Waals surface area (Å²) in [5.41, 5.74) is 2.77. The lowest BCUT2D eigenvalue weighted by Gasteiger charge is -2.42. The smallest absolute Gasteiger partial charge is 0.403 e. The van der Waals surface area contributed by atoms with Crippen molar-refractivity contribution >= 4 is 22.8 Å². The summed E-state index contributed by atoms with van der Waals surface area (Å²) in [4.78, 5) is 21.2. The summed E-state index contributed by atoms with van der Waals surface area (Å²) in [5, 5.41) is 0. The van der Waals surface area contributed by atoms with Gasteiger partial charge < -0.3 is 14.5 Å². The number of hydrogen-bond acceptors (Lipinski definition) is 5. The maximum atomic E-state index is 15.2. The van der Waals surface area contributed by atoms with E-state index in [2.05, 4.69) is 9.72 Å². The summed E-state index contributed by atoms with van der Waals surface area (Å²) in [6.45, 7) is 4.91. The molecule has 2 aromatic heterocycles. The Morgan fingerprint density at radius 1 is 1.02 bits per heavy atom. The van der Waals surface area contributed by atoms with Crippen LogP contribution < -0.4 is 14.5 Å². The molecule has 4 aromatic rings. The molecule has 42 heavy (non-hydrogen) atoms. The number of ketones is 1. The zero-order chi connectivity index (χ0) is 30.2. The molecule has 0 spiro atoms. The standard InChI is InChI=1S/C30H28F6N4O2/c1-3-24-29(40-11-10-20(31)15-28(40)37-24)26(41)8-5-19-4-7-25(22(32)14-19)38-12-13-39(18(2)17-38)21-6-9-27(23(33)16-21)42-30(34,35)36/h4,6-7,9-11,14-16,18H,3,5,8,12-13,17H2,1-2H3/t18-/m0/s1. The number of aromatic nitrogens is 2. The minimum absolute atomic E-state index is 0.121. The summed E-state index contributed by atoms with van der Waals surface area (Å²) in [6.07, 6.45) is -2.58. The number of halogens is 6. The van der Waals surface area contributed by atoms with Crippen molar-refractivity contribution in [2.75, 3.05) is 29.4 Å².